The predicted molar refractivity (Wildman–Crippen MR) is 108 cm³/mol. The molecule has 1 saturated heterocycles. The number of carbonyl (C=O) groups excluding carboxylic acids is 1. The molecule has 1 aliphatic heterocycles. The Morgan fingerprint density at radius 3 is 2.44 bits per heavy atom. The van der Waals surface area contributed by atoms with Crippen LogP contribution in [0.3, 0.4) is 0 Å². The third-order valence-electron chi connectivity index (χ3n) is 4.84. The molecule has 27 heavy (non-hydrogen) atoms. The Balaban J connectivity index is 1.62. The van der Waals surface area contributed by atoms with E-state index in [0.717, 1.165) is 28.4 Å². The lowest BCUT2D eigenvalue weighted by Gasteiger charge is -2.19. The van der Waals surface area contributed by atoms with Gasteiger partial charge in [0.15, 0.2) is 0 Å². The third-order valence-corrected chi connectivity index (χ3v) is 6.22. The lowest BCUT2D eigenvalue weighted by Crippen LogP contribution is -2.24. The Hall–Kier alpha value is -2.86. The van der Waals surface area contributed by atoms with Gasteiger partial charge < -0.3 is 4.90 Å². The van der Waals surface area contributed by atoms with E-state index in [2.05, 4.69) is 4.72 Å². The van der Waals surface area contributed by atoms with Gasteiger partial charge in [-0.3, -0.25) is 9.52 Å². The van der Waals surface area contributed by atoms with Crippen LogP contribution in [-0.4, -0.2) is 20.9 Å². The number of carbonyl (C=O) groups is 1. The fraction of sp³-hybridized carbons (Fsp3) is 0.190. The molecule has 3 aromatic carbocycles. The zero-order valence-corrected chi connectivity index (χ0v) is 15.8. The van der Waals surface area contributed by atoms with Crippen molar-refractivity contribution in [3.63, 3.8) is 0 Å². The first-order chi connectivity index (χ1) is 12.9. The molecule has 0 unspecified atom stereocenters. The molecule has 3 aromatic rings. The maximum absolute atomic E-state index is 12.8. The molecule has 0 spiro atoms. The van der Waals surface area contributed by atoms with E-state index < -0.39 is 10.0 Å². The minimum atomic E-state index is -3.69. The van der Waals surface area contributed by atoms with E-state index in [9.17, 15) is 13.2 Å². The Bertz CT molecular complexity index is 1140. The normalized spacial score (nSPS) is 14.7. The van der Waals surface area contributed by atoms with E-state index in [1.54, 1.807) is 41.3 Å². The van der Waals surface area contributed by atoms with Crippen molar-refractivity contribution in [2.75, 3.05) is 16.2 Å². The van der Waals surface area contributed by atoms with E-state index in [-0.39, 0.29) is 10.8 Å². The van der Waals surface area contributed by atoms with Crippen LogP contribution in [0.15, 0.2) is 65.6 Å². The molecule has 1 fully saturated rings. The van der Waals surface area contributed by atoms with Crippen LogP contribution >= 0.6 is 0 Å². The topological polar surface area (TPSA) is 66.5 Å². The highest BCUT2D eigenvalue weighted by molar-refractivity contribution is 7.92. The first kappa shape index (κ1) is 17.5. The number of rotatable bonds is 4. The number of amides is 1. The van der Waals surface area contributed by atoms with E-state index in [1.165, 1.54) is 0 Å². The van der Waals surface area contributed by atoms with Crippen LogP contribution in [0.4, 0.5) is 11.4 Å². The zero-order chi connectivity index (χ0) is 19.0. The van der Waals surface area contributed by atoms with Gasteiger partial charge in [-0.1, -0.05) is 30.3 Å². The molecule has 0 radical (unpaired) electrons. The molecular formula is C21H20N2O3S. The van der Waals surface area contributed by atoms with E-state index >= 15 is 0 Å². The average molecular weight is 380 g/mol. The van der Waals surface area contributed by atoms with Gasteiger partial charge in [0.1, 0.15) is 0 Å². The fourth-order valence-electron chi connectivity index (χ4n) is 3.47. The van der Waals surface area contributed by atoms with Gasteiger partial charge in [0.25, 0.3) is 10.0 Å². The Kier molecular flexibility index (Phi) is 4.36. The molecule has 4 rings (SSSR count). The lowest BCUT2D eigenvalue weighted by atomic mass is 10.1. The van der Waals surface area contributed by atoms with Crippen molar-refractivity contribution in [3.8, 4) is 0 Å². The SMILES string of the molecule is Cc1cc(NS(=O)(=O)c2ccc3ccccc3c2)ccc1N1CCCC1=O. The third kappa shape index (κ3) is 3.40. The maximum atomic E-state index is 12.8. The molecule has 138 valence electrons. The summed E-state index contributed by atoms with van der Waals surface area (Å²) in [5, 5.41) is 1.87. The quantitative estimate of drug-likeness (QED) is 0.742. The lowest BCUT2D eigenvalue weighted by molar-refractivity contribution is -0.117. The van der Waals surface area contributed by atoms with Crippen LogP contribution in [-0.2, 0) is 14.8 Å². The average Bonchev–Trinajstić information content (AvgIpc) is 3.07. The van der Waals surface area contributed by atoms with Crippen molar-refractivity contribution in [2.45, 2.75) is 24.7 Å². The highest BCUT2D eigenvalue weighted by atomic mass is 32.2. The zero-order valence-electron chi connectivity index (χ0n) is 15.0. The monoisotopic (exact) mass is 380 g/mol. The minimum absolute atomic E-state index is 0.114. The summed E-state index contributed by atoms with van der Waals surface area (Å²) in [5.74, 6) is 0.114. The molecule has 0 saturated carbocycles. The number of nitrogens with one attached hydrogen (secondary N) is 1. The Morgan fingerprint density at radius 2 is 1.74 bits per heavy atom. The summed E-state index contributed by atoms with van der Waals surface area (Å²) in [6, 6.07) is 18.0. The summed E-state index contributed by atoms with van der Waals surface area (Å²) in [6.07, 6.45) is 1.42. The number of fused-ring (bicyclic) bond motifs is 1. The summed E-state index contributed by atoms with van der Waals surface area (Å²) < 4.78 is 28.2. The highest BCUT2D eigenvalue weighted by Gasteiger charge is 2.23. The van der Waals surface area contributed by atoms with Crippen LogP contribution in [0.5, 0.6) is 0 Å². The maximum Gasteiger partial charge on any atom is 0.261 e. The van der Waals surface area contributed by atoms with Crippen molar-refractivity contribution in [2.24, 2.45) is 0 Å². The molecule has 5 nitrogen and oxygen atoms in total. The summed E-state index contributed by atoms with van der Waals surface area (Å²) in [5.41, 5.74) is 2.19. The van der Waals surface area contributed by atoms with Gasteiger partial charge >= 0.3 is 0 Å². The van der Waals surface area contributed by atoms with E-state index in [1.807, 2.05) is 31.2 Å². The number of sulfonamides is 1. The summed E-state index contributed by atoms with van der Waals surface area (Å²) in [6.45, 7) is 2.59. The summed E-state index contributed by atoms with van der Waals surface area (Å²) in [7, 11) is -3.69. The largest absolute Gasteiger partial charge is 0.312 e. The molecule has 0 aromatic heterocycles. The highest BCUT2D eigenvalue weighted by Crippen LogP contribution is 2.29. The van der Waals surface area contributed by atoms with Crippen molar-refractivity contribution in [3.05, 3.63) is 66.2 Å². The van der Waals surface area contributed by atoms with Gasteiger partial charge in [0.05, 0.1) is 4.90 Å². The number of anilines is 2. The van der Waals surface area contributed by atoms with Crippen LogP contribution < -0.4 is 9.62 Å². The van der Waals surface area contributed by atoms with Crippen LogP contribution in [0.1, 0.15) is 18.4 Å². The summed E-state index contributed by atoms with van der Waals surface area (Å²) >= 11 is 0. The van der Waals surface area contributed by atoms with Gasteiger partial charge in [0.2, 0.25) is 5.91 Å². The van der Waals surface area contributed by atoms with Crippen molar-refractivity contribution >= 4 is 38.1 Å². The minimum Gasteiger partial charge on any atom is -0.312 e. The smallest absolute Gasteiger partial charge is 0.261 e. The van der Waals surface area contributed by atoms with E-state index in [0.29, 0.717) is 18.7 Å². The van der Waals surface area contributed by atoms with Gasteiger partial charge in [-0.25, -0.2) is 8.42 Å². The standard InChI is InChI=1S/C21H20N2O3S/c1-15-13-18(9-11-20(15)23-12-4-7-21(23)24)22-27(25,26)19-10-8-16-5-2-3-6-17(16)14-19/h2-3,5-6,8-11,13-14,22H,4,7,12H2,1H3. The number of aryl methyl sites for hydroxylation is 1. The summed E-state index contributed by atoms with van der Waals surface area (Å²) in [4.78, 5) is 13.9. The molecule has 6 heteroatoms. The molecule has 0 bridgehead atoms. The van der Waals surface area contributed by atoms with Crippen LogP contribution in [0.2, 0.25) is 0 Å². The Labute approximate surface area is 158 Å². The van der Waals surface area contributed by atoms with Crippen LogP contribution in [0.25, 0.3) is 10.8 Å². The van der Waals surface area contributed by atoms with Gasteiger partial charge in [-0.05, 0) is 60.0 Å². The number of benzene rings is 3. The van der Waals surface area contributed by atoms with Gasteiger partial charge in [-0.15, -0.1) is 0 Å². The first-order valence-corrected chi connectivity index (χ1v) is 10.3. The number of hydrogen-bond acceptors (Lipinski definition) is 3. The second-order valence-electron chi connectivity index (χ2n) is 6.76. The number of hydrogen-bond donors (Lipinski definition) is 1. The predicted octanol–water partition coefficient (Wildman–Crippen LogP) is 4.08. The Morgan fingerprint density at radius 1 is 0.963 bits per heavy atom. The molecular weight excluding hydrogens is 360 g/mol. The molecule has 1 amide bonds. The molecule has 1 heterocycles. The van der Waals surface area contributed by atoms with Gasteiger partial charge in [0, 0.05) is 24.3 Å². The fourth-order valence-corrected chi connectivity index (χ4v) is 4.56. The number of nitrogens with zero attached hydrogens (tertiary/aromatic N) is 1. The second-order valence-corrected chi connectivity index (χ2v) is 8.45. The molecule has 1 N–H and O–H groups in total. The second kappa shape index (κ2) is 6.70. The van der Waals surface area contributed by atoms with Gasteiger partial charge in [-0.2, -0.15) is 0 Å². The van der Waals surface area contributed by atoms with Crippen molar-refractivity contribution in [1.82, 2.24) is 0 Å². The first-order valence-electron chi connectivity index (χ1n) is 8.87. The molecule has 0 aliphatic carbocycles. The van der Waals surface area contributed by atoms with Crippen molar-refractivity contribution in [1.29, 1.82) is 0 Å². The molecule has 0 atom stereocenters. The van der Waals surface area contributed by atoms with E-state index in [4.69, 9.17) is 0 Å². The van der Waals surface area contributed by atoms with Crippen molar-refractivity contribution < 1.29 is 13.2 Å². The molecule has 1 aliphatic rings. The van der Waals surface area contributed by atoms with Crippen LogP contribution in [0, 0.1) is 6.92 Å².